The first-order valence-corrected chi connectivity index (χ1v) is 16.5. The zero-order chi connectivity index (χ0) is 30.4. The second kappa shape index (κ2) is 14.0. The Morgan fingerprint density at radius 1 is 0.905 bits per heavy atom. The summed E-state index contributed by atoms with van der Waals surface area (Å²) in [6, 6.07) is 21.8. The molecule has 42 heavy (non-hydrogen) atoms. The van der Waals surface area contributed by atoms with Crippen molar-refractivity contribution in [3.63, 3.8) is 0 Å². The van der Waals surface area contributed by atoms with Gasteiger partial charge in [0.15, 0.2) is 0 Å². The van der Waals surface area contributed by atoms with Crippen LogP contribution in [0.5, 0.6) is 0 Å². The predicted molar refractivity (Wildman–Crippen MR) is 166 cm³/mol. The Bertz CT molecular complexity index is 1410. The minimum absolute atomic E-state index is 0.0661. The summed E-state index contributed by atoms with van der Waals surface area (Å²) in [5.41, 5.74) is 3.87. The number of benzene rings is 3. The number of carbonyl (C=O) groups excluding carboxylic acids is 1. The van der Waals surface area contributed by atoms with Crippen LogP contribution in [-0.2, 0) is 26.1 Å². The molecule has 7 heteroatoms. The maximum Gasteiger partial charge on any atom is 0.311 e. The van der Waals surface area contributed by atoms with Crippen LogP contribution in [-0.4, -0.2) is 35.9 Å². The van der Waals surface area contributed by atoms with Gasteiger partial charge < -0.3 is 9.84 Å². The molecular weight excluding hydrogens is 546 g/mol. The average Bonchev–Trinajstić information content (AvgIpc) is 2.98. The second-order valence-electron chi connectivity index (χ2n) is 11.9. The van der Waals surface area contributed by atoms with E-state index in [1.165, 1.54) is 4.31 Å². The molecule has 0 aromatic heterocycles. The van der Waals surface area contributed by atoms with E-state index in [-0.39, 0.29) is 17.4 Å². The molecule has 4 rings (SSSR count). The zero-order valence-electron chi connectivity index (χ0n) is 25.5. The van der Waals surface area contributed by atoms with Gasteiger partial charge in [-0.3, -0.25) is 4.79 Å². The summed E-state index contributed by atoms with van der Waals surface area (Å²) in [7, 11) is -4.03. The number of ether oxygens (including phenoxy) is 1. The number of aliphatic hydroxyl groups excluding tert-OH is 1. The molecule has 1 aliphatic rings. The van der Waals surface area contributed by atoms with Gasteiger partial charge in [-0.15, -0.1) is 0 Å². The van der Waals surface area contributed by atoms with E-state index in [2.05, 4.69) is 0 Å². The van der Waals surface area contributed by atoms with Crippen LogP contribution in [0.15, 0.2) is 77.7 Å². The first-order valence-electron chi connectivity index (χ1n) is 15.1. The topological polar surface area (TPSA) is 83.9 Å². The Kier molecular flexibility index (Phi) is 10.6. The molecule has 3 aromatic rings. The summed E-state index contributed by atoms with van der Waals surface area (Å²) >= 11 is 0. The number of esters is 1. The number of hydrogen-bond donors (Lipinski definition) is 1. The van der Waals surface area contributed by atoms with Crippen molar-refractivity contribution in [3.05, 3.63) is 101 Å². The third-order valence-electron chi connectivity index (χ3n) is 8.63. The SMILES string of the molecule is Cc1cc(C)c(S(=O)(=O)N(Cc2ccccc2)[C@@H](C)[C@H](OC(=O)[C@H](C)[C@@H](O)C2CCCCC2)c2ccccc2)c(C)c1. The van der Waals surface area contributed by atoms with Crippen LogP contribution >= 0.6 is 0 Å². The van der Waals surface area contributed by atoms with E-state index in [1.807, 2.05) is 93.6 Å². The van der Waals surface area contributed by atoms with Crippen molar-refractivity contribution in [2.75, 3.05) is 0 Å². The molecule has 0 heterocycles. The van der Waals surface area contributed by atoms with Crippen LogP contribution < -0.4 is 0 Å². The highest BCUT2D eigenvalue weighted by Gasteiger charge is 2.39. The Balaban J connectivity index is 1.74. The maximum atomic E-state index is 14.5. The van der Waals surface area contributed by atoms with Crippen molar-refractivity contribution < 1.29 is 23.1 Å². The molecule has 1 saturated carbocycles. The van der Waals surface area contributed by atoms with Gasteiger partial charge in [-0.2, -0.15) is 4.31 Å². The Hall–Kier alpha value is -3.00. The number of nitrogens with zero attached hydrogens (tertiary/aromatic N) is 1. The molecule has 1 aliphatic carbocycles. The lowest BCUT2D eigenvalue weighted by Crippen LogP contribution is -2.44. The van der Waals surface area contributed by atoms with Gasteiger partial charge in [-0.1, -0.05) is 97.6 Å². The van der Waals surface area contributed by atoms with E-state index in [0.717, 1.165) is 43.2 Å². The number of aliphatic hydroxyl groups is 1. The van der Waals surface area contributed by atoms with E-state index in [4.69, 9.17) is 4.74 Å². The molecule has 226 valence electrons. The van der Waals surface area contributed by atoms with Crippen LogP contribution in [0.3, 0.4) is 0 Å². The Morgan fingerprint density at radius 3 is 2.02 bits per heavy atom. The van der Waals surface area contributed by atoms with E-state index < -0.39 is 40.2 Å². The van der Waals surface area contributed by atoms with Crippen molar-refractivity contribution in [2.24, 2.45) is 11.8 Å². The third-order valence-corrected chi connectivity index (χ3v) is 10.9. The van der Waals surface area contributed by atoms with Crippen LogP contribution in [0.25, 0.3) is 0 Å². The maximum absolute atomic E-state index is 14.5. The van der Waals surface area contributed by atoms with Gasteiger partial charge in [0, 0.05) is 6.54 Å². The lowest BCUT2D eigenvalue weighted by Gasteiger charge is -2.36. The second-order valence-corrected chi connectivity index (χ2v) is 13.8. The zero-order valence-corrected chi connectivity index (χ0v) is 26.3. The van der Waals surface area contributed by atoms with Crippen molar-refractivity contribution in [3.8, 4) is 0 Å². The van der Waals surface area contributed by atoms with Crippen molar-refractivity contribution >= 4 is 16.0 Å². The molecule has 4 atom stereocenters. The van der Waals surface area contributed by atoms with E-state index >= 15 is 0 Å². The number of carbonyl (C=O) groups is 1. The summed E-state index contributed by atoms with van der Waals surface area (Å²) in [6.07, 6.45) is 3.37. The summed E-state index contributed by atoms with van der Waals surface area (Å²) < 4.78 is 36.7. The number of rotatable bonds is 11. The minimum Gasteiger partial charge on any atom is -0.455 e. The van der Waals surface area contributed by atoms with Gasteiger partial charge in [0.1, 0.15) is 6.10 Å². The average molecular weight is 592 g/mol. The lowest BCUT2D eigenvalue weighted by atomic mass is 9.81. The van der Waals surface area contributed by atoms with Gasteiger partial charge in [0.05, 0.1) is 23.0 Å². The molecule has 0 unspecified atom stereocenters. The molecule has 0 saturated heterocycles. The quantitative estimate of drug-likeness (QED) is 0.242. The summed E-state index contributed by atoms with van der Waals surface area (Å²) in [4.78, 5) is 13.9. The van der Waals surface area contributed by atoms with Crippen molar-refractivity contribution in [1.29, 1.82) is 0 Å². The molecule has 0 bridgehead atoms. The van der Waals surface area contributed by atoms with E-state index in [0.29, 0.717) is 16.7 Å². The molecule has 1 N–H and O–H groups in total. The minimum atomic E-state index is -4.03. The fraction of sp³-hybridized carbons (Fsp3) is 0.457. The number of aryl methyl sites for hydroxylation is 3. The fourth-order valence-corrected chi connectivity index (χ4v) is 8.43. The van der Waals surface area contributed by atoms with E-state index in [1.54, 1.807) is 13.8 Å². The number of sulfonamides is 1. The predicted octanol–water partition coefficient (Wildman–Crippen LogP) is 7.05. The molecular formula is C35H45NO5S. The summed E-state index contributed by atoms with van der Waals surface area (Å²) in [5, 5.41) is 11.1. The first-order chi connectivity index (χ1) is 20.0. The molecule has 0 radical (unpaired) electrons. The number of hydrogen-bond acceptors (Lipinski definition) is 5. The standard InChI is InChI=1S/C35H45NO5S/c1-24-21-25(2)34(26(3)22-24)42(39,40)36(23-29-15-9-6-10-16-29)28(5)33(31-19-13-8-14-20-31)41-35(38)27(4)32(37)30-17-11-7-12-18-30/h6,8-10,13-16,19-22,27-28,30,32-33,37H,7,11-12,17-18,23H2,1-5H3/t27-,28+,32-,33+/m1/s1. The molecule has 0 amide bonds. The molecule has 6 nitrogen and oxygen atoms in total. The molecule has 3 aromatic carbocycles. The van der Waals surface area contributed by atoms with E-state index in [9.17, 15) is 18.3 Å². The third kappa shape index (κ3) is 7.31. The highest BCUT2D eigenvalue weighted by atomic mass is 32.2. The van der Waals surface area contributed by atoms with Gasteiger partial charge in [0.2, 0.25) is 10.0 Å². The van der Waals surface area contributed by atoms with Crippen LogP contribution in [0.1, 0.15) is 79.9 Å². The summed E-state index contributed by atoms with van der Waals surface area (Å²) in [5.74, 6) is -1.18. The van der Waals surface area contributed by atoms with Gasteiger partial charge in [0.25, 0.3) is 0 Å². The lowest BCUT2D eigenvalue weighted by molar-refractivity contribution is -0.162. The van der Waals surface area contributed by atoms with Crippen LogP contribution in [0.2, 0.25) is 0 Å². The van der Waals surface area contributed by atoms with Crippen LogP contribution in [0.4, 0.5) is 0 Å². The monoisotopic (exact) mass is 591 g/mol. The highest BCUT2D eigenvalue weighted by molar-refractivity contribution is 7.89. The molecule has 1 fully saturated rings. The van der Waals surface area contributed by atoms with Gasteiger partial charge >= 0.3 is 5.97 Å². The largest absolute Gasteiger partial charge is 0.455 e. The van der Waals surface area contributed by atoms with Crippen LogP contribution in [0, 0.1) is 32.6 Å². The van der Waals surface area contributed by atoms with Gasteiger partial charge in [-0.05, 0) is 75.6 Å². The van der Waals surface area contributed by atoms with Crippen molar-refractivity contribution in [2.45, 2.75) is 96.4 Å². The normalized spacial score (nSPS) is 17.4. The highest BCUT2D eigenvalue weighted by Crippen LogP contribution is 2.35. The smallest absolute Gasteiger partial charge is 0.311 e. The Labute approximate surface area is 251 Å². The first kappa shape index (κ1) is 31.9. The summed E-state index contributed by atoms with van der Waals surface area (Å²) in [6.45, 7) is 9.22. The van der Waals surface area contributed by atoms with Crippen molar-refractivity contribution in [1.82, 2.24) is 4.31 Å². The molecule has 0 spiro atoms. The molecule has 0 aliphatic heterocycles. The fourth-order valence-electron chi connectivity index (χ4n) is 6.40. The Morgan fingerprint density at radius 2 is 1.45 bits per heavy atom. The van der Waals surface area contributed by atoms with Gasteiger partial charge in [-0.25, -0.2) is 8.42 Å².